The van der Waals surface area contributed by atoms with Crippen molar-refractivity contribution in [2.24, 2.45) is 0 Å². The lowest BCUT2D eigenvalue weighted by Gasteiger charge is -2.14. The van der Waals surface area contributed by atoms with Crippen LogP contribution in [0.5, 0.6) is 5.75 Å². The zero-order valence-corrected chi connectivity index (χ0v) is 10.1. The summed E-state index contributed by atoms with van der Waals surface area (Å²) in [6.07, 6.45) is 1.90. The molecule has 0 saturated heterocycles. The zero-order chi connectivity index (χ0) is 11.4. The highest BCUT2D eigenvalue weighted by Crippen LogP contribution is 2.25. The number of aromatic nitrogens is 1. The number of rotatable bonds is 4. The van der Waals surface area contributed by atoms with Gasteiger partial charge in [0.05, 0.1) is 18.7 Å². The number of hydrogen-bond donors (Lipinski definition) is 1. The van der Waals surface area contributed by atoms with E-state index in [9.17, 15) is 0 Å². The quantitative estimate of drug-likeness (QED) is 0.882. The van der Waals surface area contributed by atoms with E-state index in [4.69, 9.17) is 4.74 Å². The Hall–Kier alpha value is -1.39. The normalized spacial score (nSPS) is 12.4. The van der Waals surface area contributed by atoms with Crippen LogP contribution < -0.4 is 10.1 Å². The van der Waals surface area contributed by atoms with Crippen molar-refractivity contribution in [1.29, 1.82) is 0 Å². The number of methoxy groups -OCH3 is 1. The highest BCUT2D eigenvalue weighted by Gasteiger charge is 2.12. The van der Waals surface area contributed by atoms with Crippen LogP contribution in [0.3, 0.4) is 0 Å². The number of hydrogen-bond acceptors (Lipinski definition) is 4. The molecule has 1 heterocycles. The van der Waals surface area contributed by atoms with Crippen LogP contribution >= 0.6 is 11.3 Å². The van der Waals surface area contributed by atoms with Crippen LogP contribution in [0.25, 0.3) is 0 Å². The van der Waals surface area contributed by atoms with E-state index in [1.165, 1.54) is 10.4 Å². The second-order valence-electron chi connectivity index (χ2n) is 3.40. The highest BCUT2D eigenvalue weighted by molar-refractivity contribution is 7.09. The molecule has 16 heavy (non-hydrogen) atoms. The van der Waals surface area contributed by atoms with Crippen molar-refractivity contribution in [1.82, 2.24) is 10.3 Å². The maximum absolute atomic E-state index is 5.14. The van der Waals surface area contributed by atoms with Gasteiger partial charge in [0.1, 0.15) is 5.75 Å². The maximum Gasteiger partial charge on any atom is 0.118 e. The number of thiazole rings is 1. The molecule has 1 N–H and O–H groups in total. The summed E-state index contributed by atoms with van der Waals surface area (Å²) in [4.78, 5) is 5.32. The standard InChI is InChI=1S/C12H14N2OS/c1-13-12(11-7-14-8-16-11)9-3-5-10(15-2)6-4-9/h3-8,12-13H,1-2H3. The molecule has 84 valence electrons. The topological polar surface area (TPSA) is 34.1 Å². The van der Waals surface area contributed by atoms with Gasteiger partial charge < -0.3 is 10.1 Å². The lowest BCUT2D eigenvalue weighted by Crippen LogP contribution is -2.16. The summed E-state index contributed by atoms with van der Waals surface area (Å²) < 4.78 is 5.14. The van der Waals surface area contributed by atoms with E-state index in [-0.39, 0.29) is 6.04 Å². The van der Waals surface area contributed by atoms with Gasteiger partial charge in [0.2, 0.25) is 0 Å². The molecule has 0 saturated carbocycles. The second-order valence-corrected chi connectivity index (χ2v) is 4.32. The summed E-state index contributed by atoms with van der Waals surface area (Å²) in [6.45, 7) is 0. The molecule has 1 aromatic carbocycles. The predicted octanol–water partition coefficient (Wildman–Crippen LogP) is 2.46. The summed E-state index contributed by atoms with van der Waals surface area (Å²) in [5.41, 5.74) is 3.07. The first kappa shape index (κ1) is 11.1. The Kier molecular flexibility index (Phi) is 3.54. The molecular weight excluding hydrogens is 220 g/mol. The average molecular weight is 234 g/mol. The van der Waals surface area contributed by atoms with Gasteiger partial charge in [-0.15, -0.1) is 11.3 Å². The first-order valence-corrected chi connectivity index (χ1v) is 5.92. The third-order valence-corrected chi connectivity index (χ3v) is 3.31. The molecular formula is C12H14N2OS. The summed E-state index contributed by atoms with van der Waals surface area (Å²) >= 11 is 1.66. The first-order valence-electron chi connectivity index (χ1n) is 5.04. The van der Waals surface area contributed by atoms with E-state index in [0.717, 1.165) is 5.75 Å². The number of benzene rings is 1. The third-order valence-electron chi connectivity index (χ3n) is 2.47. The fourth-order valence-electron chi connectivity index (χ4n) is 1.64. The molecule has 1 unspecified atom stereocenters. The number of nitrogens with zero attached hydrogens (tertiary/aromatic N) is 1. The summed E-state index contributed by atoms with van der Waals surface area (Å²) in [5, 5.41) is 3.29. The molecule has 0 amide bonds. The second kappa shape index (κ2) is 5.09. The minimum absolute atomic E-state index is 0.207. The average Bonchev–Trinajstić information content (AvgIpc) is 2.85. The van der Waals surface area contributed by atoms with Crippen molar-refractivity contribution < 1.29 is 4.74 Å². The van der Waals surface area contributed by atoms with E-state index in [1.54, 1.807) is 18.4 Å². The Labute approximate surface area is 99.1 Å². The maximum atomic E-state index is 5.14. The summed E-state index contributed by atoms with van der Waals surface area (Å²) in [7, 11) is 3.63. The highest BCUT2D eigenvalue weighted by atomic mass is 32.1. The Morgan fingerprint density at radius 1 is 1.31 bits per heavy atom. The van der Waals surface area contributed by atoms with Crippen molar-refractivity contribution in [3.8, 4) is 5.75 Å². The van der Waals surface area contributed by atoms with E-state index < -0.39 is 0 Å². The Morgan fingerprint density at radius 2 is 2.06 bits per heavy atom. The lowest BCUT2D eigenvalue weighted by atomic mass is 10.1. The molecule has 0 spiro atoms. The van der Waals surface area contributed by atoms with Crippen molar-refractivity contribution >= 4 is 11.3 Å². The summed E-state index contributed by atoms with van der Waals surface area (Å²) in [6, 6.07) is 8.29. The van der Waals surface area contributed by atoms with Gasteiger partial charge in [-0.05, 0) is 24.7 Å². The van der Waals surface area contributed by atoms with Gasteiger partial charge in [0, 0.05) is 11.1 Å². The smallest absolute Gasteiger partial charge is 0.118 e. The molecule has 0 radical (unpaired) electrons. The van der Waals surface area contributed by atoms with Crippen molar-refractivity contribution in [2.75, 3.05) is 14.2 Å². The van der Waals surface area contributed by atoms with Gasteiger partial charge >= 0.3 is 0 Å². The van der Waals surface area contributed by atoms with Gasteiger partial charge in [0.15, 0.2) is 0 Å². The molecule has 0 aliphatic rings. The van der Waals surface area contributed by atoms with Gasteiger partial charge in [-0.3, -0.25) is 4.98 Å². The lowest BCUT2D eigenvalue weighted by molar-refractivity contribution is 0.414. The molecule has 2 rings (SSSR count). The van der Waals surface area contributed by atoms with Crippen LogP contribution in [0.2, 0.25) is 0 Å². The molecule has 3 nitrogen and oxygen atoms in total. The Bertz CT molecular complexity index is 425. The van der Waals surface area contributed by atoms with Crippen LogP contribution in [-0.2, 0) is 0 Å². The molecule has 1 atom stereocenters. The molecule has 1 aromatic heterocycles. The summed E-state index contributed by atoms with van der Waals surface area (Å²) in [5.74, 6) is 0.878. The largest absolute Gasteiger partial charge is 0.497 e. The Balaban J connectivity index is 2.27. The molecule has 2 aromatic rings. The van der Waals surface area contributed by atoms with Gasteiger partial charge in [-0.25, -0.2) is 0 Å². The Morgan fingerprint density at radius 3 is 2.56 bits per heavy atom. The SMILES string of the molecule is CNC(c1ccc(OC)cc1)c1cncs1. The van der Waals surface area contributed by atoms with Gasteiger partial charge in [0.25, 0.3) is 0 Å². The fraction of sp³-hybridized carbons (Fsp3) is 0.250. The predicted molar refractivity (Wildman–Crippen MR) is 66.0 cm³/mol. The van der Waals surface area contributed by atoms with E-state index in [0.29, 0.717) is 0 Å². The molecule has 0 bridgehead atoms. The first-order chi connectivity index (χ1) is 7.85. The van der Waals surface area contributed by atoms with E-state index in [2.05, 4.69) is 22.4 Å². The van der Waals surface area contributed by atoms with Crippen LogP contribution in [-0.4, -0.2) is 19.1 Å². The number of nitrogens with one attached hydrogen (secondary N) is 1. The van der Waals surface area contributed by atoms with Crippen molar-refractivity contribution in [3.05, 3.63) is 46.4 Å². The molecule has 0 aliphatic heterocycles. The fourth-order valence-corrected chi connectivity index (χ4v) is 2.39. The minimum Gasteiger partial charge on any atom is -0.497 e. The molecule has 4 heteroatoms. The van der Waals surface area contributed by atoms with Crippen molar-refractivity contribution in [3.63, 3.8) is 0 Å². The van der Waals surface area contributed by atoms with E-state index in [1.807, 2.05) is 30.9 Å². The van der Waals surface area contributed by atoms with Crippen LogP contribution in [0, 0.1) is 0 Å². The zero-order valence-electron chi connectivity index (χ0n) is 9.31. The molecule has 0 fully saturated rings. The third kappa shape index (κ3) is 2.23. The van der Waals surface area contributed by atoms with E-state index >= 15 is 0 Å². The monoisotopic (exact) mass is 234 g/mol. The number of ether oxygens (including phenoxy) is 1. The minimum atomic E-state index is 0.207. The van der Waals surface area contributed by atoms with Crippen LogP contribution in [0.4, 0.5) is 0 Å². The molecule has 0 aliphatic carbocycles. The van der Waals surface area contributed by atoms with Gasteiger partial charge in [-0.1, -0.05) is 12.1 Å². The van der Waals surface area contributed by atoms with Crippen molar-refractivity contribution in [2.45, 2.75) is 6.04 Å². The van der Waals surface area contributed by atoms with Gasteiger partial charge in [-0.2, -0.15) is 0 Å². The van der Waals surface area contributed by atoms with Crippen LogP contribution in [0.15, 0.2) is 36.0 Å². The van der Waals surface area contributed by atoms with Crippen LogP contribution in [0.1, 0.15) is 16.5 Å².